The van der Waals surface area contributed by atoms with E-state index in [-0.39, 0.29) is 19.0 Å². The Bertz CT molecular complexity index is 1540. The molecular weight excluding hydrogens is 491 g/mol. The lowest BCUT2D eigenvalue weighted by atomic mass is 10.1. The first-order valence-electron chi connectivity index (χ1n) is 11.8. The Hall–Kier alpha value is -4.99. The number of carbonyl (C=O) groups excluding carboxylic acids is 2. The van der Waals surface area contributed by atoms with Gasteiger partial charge in [0, 0.05) is 13.0 Å². The average Bonchev–Trinajstić information content (AvgIpc) is 3.33. The molecular formula is C28H23FN4O5. The fourth-order valence-corrected chi connectivity index (χ4v) is 4.29. The van der Waals surface area contributed by atoms with Gasteiger partial charge >= 0.3 is 6.09 Å². The smallest absolute Gasteiger partial charge is 0.415 e. The van der Waals surface area contributed by atoms with Crippen LogP contribution in [0.1, 0.15) is 39.0 Å². The maximum atomic E-state index is 13.2. The second kappa shape index (κ2) is 10.6. The van der Waals surface area contributed by atoms with Gasteiger partial charge in [-0.2, -0.15) is 0 Å². The second-order valence-electron chi connectivity index (χ2n) is 8.72. The third-order valence-electron chi connectivity index (χ3n) is 6.19. The highest BCUT2D eigenvalue weighted by Crippen LogP contribution is 2.39. The van der Waals surface area contributed by atoms with Gasteiger partial charge in [-0.05, 0) is 34.9 Å². The zero-order valence-electron chi connectivity index (χ0n) is 20.1. The molecule has 38 heavy (non-hydrogen) atoms. The summed E-state index contributed by atoms with van der Waals surface area (Å²) in [5, 5.41) is 12.9. The third-order valence-corrected chi connectivity index (χ3v) is 6.19. The Balaban J connectivity index is 1.41. The van der Waals surface area contributed by atoms with Crippen LogP contribution in [0.5, 0.6) is 5.75 Å². The van der Waals surface area contributed by atoms with Crippen LogP contribution in [-0.2, 0) is 24.3 Å². The maximum Gasteiger partial charge on any atom is 0.415 e. The number of rotatable bonds is 6. The summed E-state index contributed by atoms with van der Waals surface area (Å²) in [4.78, 5) is 46.8. The zero-order chi connectivity index (χ0) is 26.6. The molecule has 0 radical (unpaired) electrons. The van der Waals surface area contributed by atoms with E-state index in [1.54, 1.807) is 12.1 Å². The van der Waals surface area contributed by atoms with E-state index in [0.717, 1.165) is 11.1 Å². The zero-order valence-corrected chi connectivity index (χ0v) is 20.1. The number of hydrogen-bond acceptors (Lipinski definition) is 6. The lowest BCUT2D eigenvalue weighted by molar-refractivity contribution is 0.0942. The summed E-state index contributed by atoms with van der Waals surface area (Å²) in [5.41, 5.74) is 1.43. The number of aromatic nitrogens is 2. The normalized spacial score (nSPS) is 14.1. The molecule has 1 aromatic heterocycles. The summed E-state index contributed by atoms with van der Waals surface area (Å²) in [6, 6.07) is 21.1. The molecule has 0 fully saturated rings. The Labute approximate surface area is 216 Å². The fraction of sp³-hybridized carbons (Fsp3) is 0.143. The number of anilines is 1. The SMILES string of the molecule is O=C(NCc1ccc(F)cc1)c1nc(C2Cc3ccccc3N2C(=O)OCc2ccccc2)[nH]c(=O)c1O. The summed E-state index contributed by atoms with van der Waals surface area (Å²) in [6.07, 6.45) is -0.345. The van der Waals surface area contributed by atoms with Gasteiger partial charge in [0.05, 0.1) is 5.69 Å². The minimum absolute atomic E-state index is 0.0209. The van der Waals surface area contributed by atoms with Gasteiger partial charge in [-0.1, -0.05) is 60.7 Å². The molecule has 192 valence electrons. The first-order valence-corrected chi connectivity index (χ1v) is 11.8. The largest absolute Gasteiger partial charge is 0.501 e. The molecule has 1 aliphatic heterocycles. The number of H-pyrrole nitrogens is 1. The van der Waals surface area contributed by atoms with Crippen molar-refractivity contribution < 1.29 is 23.8 Å². The number of para-hydroxylation sites is 1. The molecule has 3 N–H and O–H groups in total. The quantitative estimate of drug-likeness (QED) is 0.358. The summed E-state index contributed by atoms with van der Waals surface area (Å²) in [5.74, 6) is -2.04. The molecule has 5 rings (SSSR count). The van der Waals surface area contributed by atoms with Crippen LogP contribution in [0.2, 0.25) is 0 Å². The number of fused-ring (bicyclic) bond motifs is 1. The summed E-state index contributed by atoms with van der Waals surface area (Å²) in [6.45, 7) is 0.0663. The highest BCUT2D eigenvalue weighted by atomic mass is 19.1. The third kappa shape index (κ3) is 5.10. The number of benzene rings is 3. The lowest BCUT2D eigenvalue weighted by Crippen LogP contribution is -2.35. The highest BCUT2D eigenvalue weighted by molar-refractivity contribution is 5.95. The van der Waals surface area contributed by atoms with Crippen molar-refractivity contribution in [2.24, 2.45) is 0 Å². The topological polar surface area (TPSA) is 125 Å². The standard InChI is InChI=1S/C28H23FN4O5/c29-20-12-10-17(11-13-20)15-30-26(35)23-24(34)27(36)32-25(31-23)22-14-19-8-4-5-9-21(19)33(22)28(37)38-16-18-6-2-1-3-7-18/h1-13,22,34H,14-16H2,(H,30,35)(H,31,32,36). The molecule has 1 unspecified atom stereocenters. The minimum atomic E-state index is -0.921. The van der Waals surface area contributed by atoms with E-state index < -0.39 is 40.9 Å². The molecule has 0 spiro atoms. The van der Waals surface area contributed by atoms with E-state index in [1.807, 2.05) is 42.5 Å². The molecule has 4 aromatic rings. The average molecular weight is 515 g/mol. The van der Waals surface area contributed by atoms with Gasteiger partial charge in [0.1, 0.15) is 24.3 Å². The van der Waals surface area contributed by atoms with E-state index in [1.165, 1.54) is 29.2 Å². The molecule has 0 saturated carbocycles. The fourth-order valence-electron chi connectivity index (χ4n) is 4.29. The van der Waals surface area contributed by atoms with Crippen molar-refractivity contribution in [2.45, 2.75) is 25.6 Å². The van der Waals surface area contributed by atoms with Crippen LogP contribution in [0.25, 0.3) is 0 Å². The van der Waals surface area contributed by atoms with Gasteiger partial charge in [-0.25, -0.2) is 14.2 Å². The molecule has 0 aliphatic carbocycles. The molecule has 3 aromatic carbocycles. The van der Waals surface area contributed by atoms with Gasteiger partial charge in [-0.3, -0.25) is 14.5 Å². The van der Waals surface area contributed by atoms with Crippen molar-refractivity contribution in [3.05, 3.63) is 123 Å². The number of carbonyl (C=O) groups is 2. The Morgan fingerprint density at radius 2 is 1.74 bits per heavy atom. The number of nitrogens with one attached hydrogen (secondary N) is 2. The van der Waals surface area contributed by atoms with E-state index in [0.29, 0.717) is 17.7 Å². The molecule has 2 heterocycles. The lowest BCUT2D eigenvalue weighted by Gasteiger charge is -2.24. The Kier molecular flexibility index (Phi) is 6.86. The van der Waals surface area contributed by atoms with Crippen LogP contribution < -0.4 is 15.8 Å². The monoisotopic (exact) mass is 514 g/mol. The summed E-state index contributed by atoms with van der Waals surface area (Å²) < 4.78 is 18.7. The molecule has 1 aliphatic rings. The van der Waals surface area contributed by atoms with E-state index >= 15 is 0 Å². The number of aromatic hydroxyl groups is 1. The van der Waals surface area contributed by atoms with Crippen molar-refractivity contribution in [3.63, 3.8) is 0 Å². The van der Waals surface area contributed by atoms with Crippen molar-refractivity contribution in [1.29, 1.82) is 0 Å². The van der Waals surface area contributed by atoms with Crippen LogP contribution >= 0.6 is 0 Å². The maximum absolute atomic E-state index is 13.2. The number of nitrogens with zero attached hydrogens (tertiary/aromatic N) is 2. The summed E-state index contributed by atoms with van der Waals surface area (Å²) in [7, 11) is 0. The molecule has 2 amide bonds. The van der Waals surface area contributed by atoms with Crippen molar-refractivity contribution >= 4 is 17.7 Å². The van der Waals surface area contributed by atoms with Gasteiger partial charge in [-0.15, -0.1) is 0 Å². The van der Waals surface area contributed by atoms with Gasteiger partial charge < -0.3 is 20.1 Å². The number of hydrogen-bond donors (Lipinski definition) is 3. The van der Waals surface area contributed by atoms with Crippen LogP contribution in [0.15, 0.2) is 83.7 Å². The number of ether oxygens (including phenoxy) is 1. The molecule has 0 bridgehead atoms. The molecule has 0 saturated heterocycles. The first kappa shape index (κ1) is 24.7. The van der Waals surface area contributed by atoms with E-state index in [2.05, 4.69) is 15.3 Å². The van der Waals surface area contributed by atoms with Gasteiger partial charge in [0.2, 0.25) is 5.75 Å². The van der Waals surface area contributed by atoms with Crippen molar-refractivity contribution in [1.82, 2.24) is 15.3 Å². The van der Waals surface area contributed by atoms with Crippen molar-refractivity contribution in [3.8, 4) is 5.75 Å². The van der Waals surface area contributed by atoms with Crippen LogP contribution in [0, 0.1) is 5.82 Å². The van der Waals surface area contributed by atoms with Crippen LogP contribution in [0.4, 0.5) is 14.9 Å². The van der Waals surface area contributed by atoms with Crippen LogP contribution in [-0.4, -0.2) is 27.1 Å². The highest BCUT2D eigenvalue weighted by Gasteiger charge is 2.38. The Morgan fingerprint density at radius 1 is 1.03 bits per heavy atom. The molecule has 9 nitrogen and oxygen atoms in total. The minimum Gasteiger partial charge on any atom is -0.501 e. The predicted octanol–water partition coefficient (Wildman–Crippen LogP) is 3.99. The van der Waals surface area contributed by atoms with E-state index in [4.69, 9.17) is 4.74 Å². The number of amides is 2. The van der Waals surface area contributed by atoms with E-state index in [9.17, 15) is 23.9 Å². The van der Waals surface area contributed by atoms with Gasteiger partial charge in [0.25, 0.3) is 11.5 Å². The summed E-state index contributed by atoms with van der Waals surface area (Å²) >= 11 is 0. The van der Waals surface area contributed by atoms with Gasteiger partial charge in [0.15, 0.2) is 5.69 Å². The van der Waals surface area contributed by atoms with Crippen molar-refractivity contribution in [2.75, 3.05) is 4.90 Å². The van der Waals surface area contributed by atoms with Crippen LogP contribution in [0.3, 0.4) is 0 Å². The second-order valence-corrected chi connectivity index (χ2v) is 8.72. The molecule has 10 heteroatoms. The Morgan fingerprint density at radius 3 is 2.50 bits per heavy atom. The number of halogens is 1. The first-order chi connectivity index (χ1) is 18.4. The number of aromatic amines is 1. The molecule has 1 atom stereocenters. The predicted molar refractivity (Wildman–Crippen MR) is 136 cm³/mol.